The standard InChI is InChI=1S/C60H67FN12O15P2Si/c1-35(2)53(74)68-58-67-52-46(55(76)69-58)65-34-72(52)57-49(86-89(77)78)48(88-91(8,9)59(3,4)5)43(85-57)32-83-90(82-30-16-29-62)87-47-42(84-56(44(47)61)73-51-45(70-71-73)50(63-33-64-51)66-54(75)36-17-12-10-13-18-36)31-81-60(37-19-14-11-15-20-37,38-21-25-40(79-6)26-22-38)39-23-27-41(80-7)28-24-39/h10-15,17-28,33-35,42-44,47-49,56-57H,16,30-32H2,1-9H3,(H,63,64,66,75)(H2,67,68,69,74,76)/t42-,43-,44+,47-,48-,49+,56-,57-,90?/m1/s1. The van der Waals surface area contributed by atoms with E-state index in [0.717, 1.165) is 11.0 Å². The molecule has 8 aromatic rings. The molecule has 2 aliphatic rings. The van der Waals surface area contributed by atoms with Gasteiger partial charge in [-0.25, -0.2) is 19.3 Å². The van der Waals surface area contributed by atoms with E-state index in [1.54, 1.807) is 82.7 Å². The van der Waals surface area contributed by atoms with Crippen LogP contribution in [0.5, 0.6) is 11.5 Å². The molecule has 2 unspecified atom stereocenters. The van der Waals surface area contributed by atoms with Gasteiger partial charge < -0.3 is 51.9 Å². The number of benzene rings is 4. The van der Waals surface area contributed by atoms with Gasteiger partial charge in [0.2, 0.25) is 11.9 Å². The number of carbonyl (C=O) groups is 2. The number of fused-ring (bicyclic) bond motifs is 2. The van der Waals surface area contributed by atoms with Crippen LogP contribution >= 0.6 is 16.9 Å². The predicted octanol–water partition coefficient (Wildman–Crippen LogP) is 8.71. The molecule has 4 aromatic carbocycles. The molecular weight excluding hydrogens is 1240 g/mol. The van der Waals surface area contributed by atoms with E-state index in [0.29, 0.717) is 33.8 Å². The summed E-state index contributed by atoms with van der Waals surface area (Å²) in [6, 6.07) is 34.4. The van der Waals surface area contributed by atoms with Gasteiger partial charge in [-0.1, -0.05) is 113 Å². The minimum atomic E-state index is -3.62. The van der Waals surface area contributed by atoms with Crippen LogP contribution in [0.1, 0.15) is 80.5 Å². The maximum atomic E-state index is 18.3. The second-order valence-electron chi connectivity index (χ2n) is 23.0. The zero-order valence-corrected chi connectivity index (χ0v) is 53.8. The lowest BCUT2D eigenvalue weighted by atomic mass is 9.80. The summed E-state index contributed by atoms with van der Waals surface area (Å²) >= 11 is 0. The zero-order chi connectivity index (χ0) is 64.8. The molecule has 0 aliphatic carbocycles. The lowest BCUT2D eigenvalue weighted by Gasteiger charge is -2.40. The van der Waals surface area contributed by atoms with Crippen LogP contribution in [0, 0.1) is 17.2 Å². The Balaban J connectivity index is 1.04. The summed E-state index contributed by atoms with van der Waals surface area (Å²) in [6.45, 7) is 11.9. The van der Waals surface area contributed by atoms with Crippen LogP contribution in [0.25, 0.3) is 22.3 Å². The molecular formula is C60H67FN12O15P2Si. The number of H-pyrrole nitrogens is 1. The maximum Gasteiger partial charge on any atom is 0.489 e. The Morgan fingerprint density at radius 2 is 1.45 bits per heavy atom. The fourth-order valence-electron chi connectivity index (χ4n) is 10.1. The predicted molar refractivity (Wildman–Crippen MR) is 329 cm³/mol. The molecule has 31 heteroatoms. The van der Waals surface area contributed by atoms with Crippen LogP contribution in [0.3, 0.4) is 0 Å². The van der Waals surface area contributed by atoms with Crippen molar-refractivity contribution in [1.29, 1.82) is 5.26 Å². The average Bonchev–Trinajstić information content (AvgIpc) is 1.77. The SMILES string of the molecule is COc1ccc(C(OC[C@H]2O[C@@H](n3nnc4c(NC(=O)c5ccccc5)ncnc43)[C@@H](F)[C@@H]2OP(OCCC#N)OC[C@H]2O[C@@H](n3cnc4c(=O)[nH]c(NC(=O)C(C)C)nc43)[C@@H](O[P+](=O)[O-])[C@@H]2O[Si](C)(C)C(C)(C)C)(c2ccccc2)c2ccc(OC)cc2)cc1. The number of nitrogens with one attached hydrogen (secondary N) is 3. The van der Waals surface area contributed by atoms with Gasteiger partial charge in [-0.05, 0) is 75.8 Å². The van der Waals surface area contributed by atoms with Crippen LogP contribution < -0.4 is 30.6 Å². The first-order chi connectivity index (χ1) is 43.6. The van der Waals surface area contributed by atoms with Crippen molar-refractivity contribution in [2.24, 2.45) is 5.92 Å². The number of imidazole rings is 1. The number of nitrogens with zero attached hydrogens (tertiary/aromatic N) is 9. The largest absolute Gasteiger partial charge is 0.566 e. The monoisotopic (exact) mass is 1300 g/mol. The van der Waals surface area contributed by atoms with E-state index >= 15 is 4.39 Å². The fourth-order valence-corrected chi connectivity index (χ4v) is 13.0. The number of methoxy groups -OCH3 is 2. The molecule has 2 amide bonds. The Bertz CT molecular complexity index is 3910. The molecule has 0 radical (unpaired) electrons. The van der Waals surface area contributed by atoms with Crippen molar-refractivity contribution in [3.8, 4) is 17.6 Å². The first-order valence-electron chi connectivity index (χ1n) is 28.9. The van der Waals surface area contributed by atoms with Gasteiger partial charge in [-0.15, -0.1) is 9.62 Å². The van der Waals surface area contributed by atoms with Crippen LogP contribution in [0.4, 0.5) is 16.2 Å². The molecule has 2 fully saturated rings. The second-order valence-corrected chi connectivity index (χ2v) is 29.6. The van der Waals surface area contributed by atoms with E-state index in [9.17, 15) is 29.1 Å². The number of anilines is 2. The highest BCUT2D eigenvalue weighted by molar-refractivity contribution is 7.41. The zero-order valence-electron chi connectivity index (χ0n) is 51.0. The van der Waals surface area contributed by atoms with Gasteiger partial charge in [0.1, 0.15) is 47.8 Å². The molecule has 4 aromatic heterocycles. The van der Waals surface area contributed by atoms with Gasteiger partial charge in [-0.3, -0.25) is 29.3 Å². The lowest BCUT2D eigenvalue weighted by Crippen LogP contribution is -2.50. The fraction of sp³-hybridized carbons (Fsp3) is 0.400. The number of hydrogen-bond acceptors (Lipinski definition) is 22. The van der Waals surface area contributed by atoms with Crippen LogP contribution in [-0.4, -0.2) is 135 Å². The quantitative estimate of drug-likeness (QED) is 0.0197. The highest BCUT2D eigenvalue weighted by Crippen LogP contribution is 2.51. The molecule has 91 heavy (non-hydrogen) atoms. The van der Waals surface area contributed by atoms with E-state index in [1.165, 1.54) is 10.9 Å². The smallest absolute Gasteiger partial charge is 0.489 e. The van der Waals surface area contributed by atoms with Crippen molar-refractivity contribution in [2.75, 3.05) is 44.7 Å². The van der Waals surface area contributed by atoms with Gasteiger partial charge in [-0.2, -0.15) is 14.9 Å². The summed E-state index contributed by atoms with van der Waals surface area (Å²) in [7, 11) is -6.21. The van der Waals surface area contributed by atoms with Gasteiger partial charge in [0.15, 0.2) is 61.2 Å². The Morgan fingerprint density at radius 1 is 0.824 bits per heavy atom. The van der Waals surface area contributed by atoms with E-state index in [1.807, 2.05) is 94.5 Å². The first-order valence-corrected chi connectivity index (χ1v) is 34.0. The third-order valence-electron chi connectivity index (χ3n) is 15.8. The third-order valence-corrected chi connectivity index (χ3v) is 21.9. The van der Waals surface area contributed by atoms with Crippen molar-refractivity contribution >= 4 is 71.1 Å². The minimum Gasteiger partial charge on any atom is -0.566 e. The summed E-state index contributed by atoms with van der Waals surface area (Å²) < 4.78 is 97.5. The highest BCUT2D eigenvalue weighted by atomic mass is 31.2. The molecule has 478 valence electrons. The van der Waals surface area contributed by atoms with Gasteiger partial charge in [0.25, 0.3) is 11.5 Å². The molecule has 3 N–H and O–H groups in total. The van der Waals surface area contributed by atoms with Crippen LogP contribution in [0.2, 0.25) is 18.1 Å². The molecule has 0 saturated carbocycles. The highest BCUT2D eigenvalue weighted by Gasteiger charge is 2.56. The maximum absolute atomic E-state index is 18.3. The number of rotatable bonds is 26. The van der Waals surface area contributed by atoms with Crippen molar-refractivity contribution < 1.29 is 69.6 Å². The molecule has 27 nitrogen and oxygen atoms in total. The average molecular weight is 1310 g/mol. The van der Waals surface area contributed by atoms with E-state index < -0.39 is 121 Å². The number of hydrogen-bond donors (Lipinski definition) is 3. The van der Waals surface area contributed by atoms with Crippen molar-refractivity contribution in [2.45, 2.75) is 114 Å². The molecule has 10 rings (SSSR count). The van der Waals surface area contributed by atoms with Gasteiger partial charge >= 0.3 is 16.9 Å². The summed E-state index contributed by atoms with van der Waals surface area (Å²) in [4.78, 5) is 72.4. The number of aromatic amines is 1. The number of carbonyl (C=O) groups excluding carboxylic acids is 2. The Hall–Kier alpha value is -7.94. The first kappa shape index (κ1) is 66.0. The number of nitriles is 1. The third kappa shape index (κ3) is 14.3. The minimum absolute atomic E-state index is 0.00466. The van der Waals surface area contributed by atoms with E-state index in [-0.39, 0.29) is 47.1 Å². The van der Waals surface area contributed by atoms with Crippen molar-refractivity contribution in [3.05, 3.63) is 154 Å². The Labute approximate surface area is 524 Å². The molecule has 0 spiro atoms. The summed E-state index contributed by atoms with van der Waals surface area (Å²) in [6.07, 6.45) is -10.1. The second kappa shape index (κ2) is 28.3. The van der Waals surface area contributed by atoms with Crippen LogP contribution in [-0.2, 0) is 51.7 Å². The normalized spacial score (nSPS) is 20.8. The molecule has 0 bridgehead atoms. The molecule has 2 saturated heterocycles. The van der Waals surface area contributed by atoms with Gasteiger partial charge in [0, 0.05) is 11.5 Å². The Kier molecular flexibility index (Phi) is 20.5. The van der Waals surface area contributed by atoms with Gasteiger partial charge in [0.05, 0.1) is 52.9 Å². The number of amides is 2. The molecule has 10 atom stereocenters. The van der Waals surface area contributed by atoms with Crippen molar-refractivity contribution in [3.63, 3.8) is 0 Å². The number of alkyl halides is 1. The summed E-state index contributed by atoms with van der Waals surface area (Å²) in [5.74, 6) is -0.542. The number of halogens is 1. The molecule has 2 aliphatic heterocycles. The molecule has 6 heterocycles. The number of aromatic nitrogens is 9. The number of ether oxygens (including phenoxy) is 5. The summed E-state index contributed by atoms with van der Waals surface area (Å²) in [5, 5.41) is 23.2. The topological polar surface area (TPSA) is 334 Å². The lowest BCUT2D eigenvalue weighted by molar-refractivity contribution is -0.194. The Morgan fingerprint density at radius 3 is 2.07 bits per heavy atom. The van der Waals surface area contributed by atoms with E-state index in [4.69, 9.17) is 46.2 Å². The van der Waals surface area contributed by atoms with E-state index in [2.05, 4.69) is 45.9 Å². The van der Waals surface area contributed by atoms with Crippen molar-refractivity contribution in [1.82, 2.24) is 44.5 Å². The summed E-state index contributed by atoms with van der Waals surface area (Å²) in [5.41, 5.74) is -0.201. The van der Waals surface area contributed by atoms with Crippen LogP contribution in [0.15, 0.2) is 127 Å².